The van der Waals surface area contributed by atoms with Gasteiger partial charge in [-0.15, -0.1) is 11.3 Å². The van der Waals surface area contributed by atoms with Gasteiger partial charge >= 0.3 is 0 Å². The van der Waals surface area contributed by atoms with Gasteiger partial charge < -0.3 is 14.3 Å². The van der Waals surface area contributed by atoms with Gasteiger partial charge in [0.05, 0.1) is 10.9 Å². The summed E-state index contributed by atoms with van der Waals surface area (Å²) >= 11 is 1.55. The van der Waals surface area contributed by atoms with E-state index >= 15 is 0 Å². The molecule has 0 bridgehead atoms. The van der Waals surface area contributed by atoms with E-state index in [1.165, 1.54) is 0 Å². The monoisotopic (exact) mass is 399 g/mol. The predicted octanol–water partition coefficient (Wildman–Crippen LogP) is 4.51. The van der Waals surface area contributed by atoms with E-state index in [0.29, 0.717) is 18.0 Å². The lowest BCUT2D eigenvalue weighted by Gasteiger charge is -2.35. The van der Waals surface area contributed by atoms with E-state index in [-0.39, 0.29) is 11.9 Å². The molecule has 4 rings (SSSR count). The maximum Gasteiger partial charge on any atom is 0.273 e. The van der Waals surface area contributed by atoms with Crippen molar-refractivity contribution in [3.05, 3.63) is 52.9 Å². The van der Waals surface area contributed by atoms with Crippen LogP contribution in [-0.4, -0.2) is 35.6 Å². The standard InChI is InChI=1S/C21H25N3O3S/c1-14-7-9-24(10-8-14)17(18-6-5-15(2)26-18)13-22-21(25)16-12-19(27-23-16)20-4-3-11-28-20/h3-6,11-12,14,17H,7-10,13H2,1-2H3,(H,22,25)/t17-/m1/s1. The lowest BCUT2D eigenvalue weighted by Crippen LogP contribution is -2.41. The molecule has 0 saturated carbocycles. The van der Waals surface area contributed by atoms with Crippen molar-refractivity contribution in [2.45, 2.75) is 32.7 Å². The molecule has 0 radical (unpaired) electrons. The Balaban J connectivity index is 1.44. The Kier molecular flexibility index (Phi) is 5.64. The first-order valence-electron chi connectivity index (χ1n) is 9.69. The molecule has 1 fully saturated rings. The molecule has 1 aliphatic heterocycles. The Morgan fingerprint density at radius 1 is 1.36 bits per heavy atom. The predicted molar refractivity (Wildman–Crippen MR) is 108 cm³/mol. The molecule has 3 aromatic heterocycles. The summed E-state index contributed by atoms with van der Waals surface area (Å²) in [4.78, 5) is 16.0. The summed E-state index contributed by atoms with van der Waals surface area (Å²) in [7, 11) is 0. The number of furan rings is 1. The number of aryl methyl sites for hydroxylation is 1. The highest BCUT2D eigenvalue weighted by atomic mass is 32.1. The highest BCUT2D eigenvalue weighted by Gasteiger charge is 2.27. The number of thiophene rings is 1. The van der Waals surface area contributed by atoms with Crippen LogP contribution in [0.3, 0.4) is 0 Å². The maximum absolute atomic E-state index is 12.6. The lowest BCUT2D eigenvalue weighted by atomic mass is 9.97. The number of nitrogens with one attached hydrogen (secondary N) is 1. The Labute approximate surface area is 168 Å². The molecule has 0 unspecified atom stereocenters. The van der Waals surface area contributed by atoms with Crippen LogP contribution in [0.2, 0.25) is 0 Å². The average molecular weight is 400 g/mol. The van der Waals surface area contributed by atoms with Crippen molar-refractivity contribution in [3.8, 4) is 10.6 Å². The molecule has 1 amide bonds. The highest BCUT2D eigenvalue weighted by molar-refractivity contribution is 7.13. The average Bonchev–Trinajstić information content (AvgIpc) is 3.44. The Bertz CT molecular complexity index is 907. The van der Waals surface area contributed by atoms with Gasteiger partial charge in [0.1, 0.15) is 11.5 Å². The summed E-state index contributed by atoms with van der Waals surface area (Å²) in [5.74, 6) is 2.91. The topological polar surface area (TPSA) is 71.5 Å². The zero-order valence-corrected chi connectivity index (χ0v) is 17.0. The summed E-state index contributed by atoms with van der Waals surface area (Å²) in [6.45, 7) is 6.73. The number of amides is 1. The van der Waals surface area contributed by atoms with Gasteiger partial charge in [0.15, 0.2) is 11.5 Å². The van der Waals surface area contributed by atoms with Crippen LogP contribution < -0.4 is 5.32 Å². The molecule has 1 atom stereocenters. The third-order valence-electron chi connectivity index (χ3n) is 5.31. The molecule has 1 aliphatic rings. The molecule has 1 saturated heterocycles. The zero-order chi connectivity index (χ0) is 19.5. The molecule has 28 heavy (non-hydrogen) atoms. The van der Waals surface area contributed by atoms with Crippen LogP contribution in [0.15, 0.2) is 44.7 Å². The molecular weight excluding hydrogens is 374 g/mol. The van der Waals surface area contributed by atoms with Crippen molar-refractivity contribution >= 4 is 17.2 Å². The molecular formula is C21H25N3O3S. The third kappa shape index (κ3) is 4.20. The van der Waals surface area contributed by atoms with E-state index in [9.17, 15) is 4.79 Å². The van der Waals surface area contributed by atoms with Crippen molar-refractivity contribution in [1.29, 1.82) is 0 Å². The van der Waals surface area contributed by atoms with Gasteiger partial charge in [0, 0.05) is 12.6 Å². The van der Waals surface area contributed by atoms with Crippen LogP contribution in [0.1, 0.15) is 47.8 Å². The SMILES string of the molecule is Cc1ccc([C@@H](CNC(=O)c2cc(-c3cccs3)on2)N2CCC(C)CC2)o1. The normalized spacial score (nSPS) is 16.9. The number of likely N-dealkylation sites (tertiary alicyclic amines) is 1. The highest BCUT2D eigenvalue weighted by Crippen LogP contribution is 2.28. The van der Waals surface area contributed by atoms with Crippen LogP contribution in [0.4, 0.5) is 0 Å². The molecule has 6 nitrogen and oxygen atoms in total. The summed E-state index contributed by atoms with van der Waals surface area (Å²) in [5.41, 5.74) is 0.296. The van der Waals surface area contributed by atoms with Gasteiger partial charge in [-0.3, -0.25) is 9.69 Å². The van der Waals surface area contributed by atoms with Gasteiger partial charge in [-0.1, -0.05) is 18.1 Å². The van der Waals surface area contributed by atoms with Crippen LogP contribution >= 0.6 is 11.3 Å². The number of piperidine rings is 1. The number of hydrogen-bond acceptors (Lipinski definition) is 6. The second-order valence-corrected chi connectivity index (χ2v) is 8.39. The summed E-state index contributed by atoms with van der Waals surface area (Å²) < 4.78 is 11.2. The van der Waals surface area contributed by atoms with E-state index in [2.05, 4.69) is 22.3 Å². The largest absolute Gasteiger partial charge is 0.465 e. The fourth-order valence-electron chi connectivity index (χ4n) is 3.58. The molecule has 1 N–H and O–H groups in total. The van der Waals surface area contributed by atoms with Gasteiger partial charge in [-0.05, 0) is 62.4 Å². The van der Waals surface area contributed by atoms with E-state index in [0.717, 1.165) is 48.2 Å². The smallest absolute Gasteiger partial charge is 0.273 e. The minimum absolute atomic E-state index is 0.0221. The number of aromatic nitrogens is 1. The fourth-order valence-corrected chi connectivity index (χ4v) is 4.25. The quantitative estimate of drug-likeness (QED) is 0.660. The van der Waals surface area contributed by atoms with Crippen LogP contribution in [0.5, 0.6) is 0 Å². The molecule has 3 aromatic rings. The van der Waals surface area contributed by atoms with E-state index in [1.54, 1.807) is 17.4 Å². The first kappa shape index (κ1) is 19.0. The van der Waals surface area contributed by atoms with Crippen LogP contribution in [0.25, 0.3) is 10.6 Å². The fraction of sp³-hybridized carbons (Fsp3) is 0.429. The molecule has 148 valence electrons. The lowest BCUT2D eigenvalue weighted by molar-refractivity contribution is 0.0887. The van der Waals surface area contributed by atoms with Gasteiger partial charge in [-0.25, -0.2) is 0 Å². The van der Waals surface area contributed by atoms with Crippen molar-refractivity contribution in [2.75, 3.05) is 19.6 Å². The Hall–Kier alpha value is -2.38. The summed E-state index contributed by atoms with van der Waals surface area (Å²) in [6.07, 6.45) is 2.33. The Morgan fingerprint density at radius 3 is 2.86 bits per heavy atom. The van der Waals surface area contributed by atoms with E-state index < -0.39 is 0 Å². The first-order chi connectivity index (χ1) is 13.6. The number of nitrogens with zero attached hydrogens (tertiary/aromatic N) is 2. The molecule has 7 heteroatoms. The second-order valence-electron chi connectivity index (χ2n) is 7.45. The van der Waals surface area contributed by atoms with E-state index in [1.807, 2.05) is 36.6 Å². The van der Waals surface area contributed by atoms with Crippen molar-refractivity contribution in [2.24, 2.45) is 5.92 Å². The minimum Gasteiger partial charge on any atom is -0.465 e. The van der Waals surface area contributed by atoms with Gasteiger partial charge in [0.2, 0.25) is 0 Å². The number of hydrogen-bond donors (Lipinski definition) is 1. The maximum atomic E-state index is 12.6. The van der Waals surface area contributed by atoms with Crippen molar-refractivity contribution in [3.63, 3.8) is 0 Å². The molecule has 0 aliphatic carbocycles. The number of carbonyl (C=O) groups excluding carboxylic acids is 1. The molecule has 4 heterocycles. The van der Waals surface area contributed by atoms with Crippen LogP contribution in [0, 0.1) is 12.8 Å². The molecule has 0 spiro atoms. The zero-order valence-electron chi connectivity index (χ0n) is 16.2. The third-order valence-corrected chi connectivity index (χ3v) is 6.20. The van der Waals surface area contributed by atoms with Crippen molar-refractivity contribution < 1.29 is 13.7 Å². The second kappa shape index (κ2) is 8.32. The van der Waals surface area contributed by atoms with E-state index in [4.69, 9.17) is 8.94 Å². The minimum atomic E-state index is -0.231. The summed E-state index contributed by atoms with van der Waals surface area (Å²) in [6, 6.07) is 9.58. The van der Waals surface area contributed by atoms with Gasteiger partial charge in [-0.2, -0.15) is 0 Å². The van der Waals surface area contributed by atoms with Crippen molar-refractivity contribution in [1.82, 2.24) is 15.4 Å². The van der Waals surface area contributed by atoms with Gasteiger partial charge in [0.25, 0.3) is 5.91 Å². The number of rotatable bonds is 6. The Morgan fingerprint density at radius 2 is 2.18 bits per heavy atom. The number of carbonyl (C=O) groups is 1. The van der Waals surface area contributed by atoms with Crippen LogP contribution in [-0.2, 0) is 0 Å². The first-order valence-corrected chi connectivity index (χ1v) is 10.6. The molecule has 0 aromatic carbocycles. The summed E-state index contributed by atoms with van der Waals surface area (Å²) in [5, 5.41) is 8.91.